The van der Waals surface area contributed by atoms with Crippen LogP contribution in [0.4, 0.5) is 5.82 Å². The van der Waals surface area contributed by atoms with Crippen LogP contribution >= 0.6 is 0 Å². The molecule has 2 aliphatic rings. The van der Waals surface area contributed by atoms with Crippen molar-refractivity contribution in [2.75, 3.05) is 31.3 Å². The molecule has 12 heteroatoms. The van der Waals surface area contributed by atoms with E-state index in [2.05, 4.69) is 4.57 Å². The highest BCUT2D eigenvalue weighted by Crippen LogP contribution is 2.43. The Bertz CT molecular complexity index is 1760. The molecule has 212 valence electrons. The number of carbonyl (C=O) groups excluding carboxylic acids is 1. The summed E-state index contributed by atoms with van der Waals surface area (Å²) in [5.74, 6) is 1.58. The van der Waals surface area contributed by atoms with Crippen LogP contribution in [0.3, 0.4) is 0 Å². The molecular formula is C28H35N7O4S. The van der Waals surface area contributed by atoms with E-state index < -0.39 is 10.0 Å². The maximum Gasteiger partial charge on any atom is 0.254 e. The van der Waals surface area contributed by atoms with Crippen LogP contribution in [0.15, 0.2) is 30.3 Å². The van der Waals surface area contributed by atoms with E-state index in [-0.39, 0.29) is 24.0 Å². The lowest BCUT2D eigenvalue weighted by Gasteiger charge is -2.37. The minimum atomic E-state index is -3.45. The van der Waals surface area contributed by atoms with Crippen molar-refractivity contribution >= 4 is 43.8 Å². The maximum absolute atomic E-state index is 13.6. The molecule has 2 atom stereocenters. The van der Waals surface area contributed by atoms with E-state index in [0.29, 0.717) is 35.0 Å². The molecule has 11 nitrogen and oxygen atoms in total. The predicted octanol–water partition coefficient (Wildman–Crippen LogP) is 3.28. The number of nitrogens with zero attached hydrogens (tertiary/aromatic N) is 6. The lowest BCUT2D eigenvalue weighted by atomic mass is 9.97. The van der Waals surface area contributed by atoms with Crippen LogP contribution in [0.25, 0.3) is 33.6 Å². The number of likely N-dealkylation sites (tertiary alicyclic amines) is 1. The van der Waals surface area contributed by atoms with Gasteiger partial charge < -0.3 is 24.5 Å². The van der Waals surface area contributed by atoms with Gasteiger partial charge in [-0.1, -0.05) is 0 Å². The normalized spacial score (nSPS) is 19.9. The molecule has 0 unspecified atom stereocenters. The molecule has 0 bridgehead atoms. The number of hydrogen-bond acceptors (Lipinski definition) is 7. The second-order valence-corrected chi connectivity index (χ2v) is 13.0. The van der Waals surface area contributed by atoms with Crippen LogP contribution in [-0.2, 0) is 17.1 Å². The number of methoxy groups -OCH3 is 1. The fraction of sp³-hybridized carbons (Fsp3) is 0.464. The highest BCUT2D eigenvalue weighted by atomic mass is 32.2. The number of rotatable bonds is 6. The van der Waals surface area contributed by atoms with Crippen molar-refractivity contribution in [1.82, 2.24) is 24.0 Å². The molecule has 1 aliphatic carbocycles. The molecule has 1 aromatic carbocycles. The number of piperidine rings is 1. The van der Waals surface area contributed by atoms with E-state index in [0.717, 1.165) is 54.2 Å². The second-order valence-electron chi connectivity index (χ2n) is 11.0. The zero-order valence-electron chi connectivity index (χ0n) is 23.5. The van der Waals surface area contributed by atoms with Gasteiger partial charge in [-0.3, -0.25) is 9.10 Å². The quantitative estimate of drug-likeness (QED) is 0.380. The van der Waals surface area contributed by atoms with Crippen molar-refractivity contribution in [2.24, 2.45) is 12.8 Å². The van der Waals surface area contributed by atoms with Crippen molar-refractivity contribution < 1.29 is 17.9 Å². The number of aryl methyl sites for hydroxylation is 1. The minimum Gasteiger partial charge on any atom is -0.494 e. The maximum atomic E-state index is 13.6. The third kappa shape index (κ3) is 4.29. The first-order valence-corrected chi connectivity index (χ1v) is 15.4. The zero-order chi connectivity index (χ0) is 28.5. The monoisotopic (exact) mass is 565 g/mol. The van der Waals surface area contributed by atoms with Gasteiger partial charge in [0.1, 0.15) is 22.7 Å². The fourth-order valence-electron chi connectivity index (χ4n) is 5.75. The van der Waals surface area contributed by atoms with Gasteiger partial charge in [-0.25, -0.2) is 18.4 Å². The van der Waals surface area contributed by atoms with Crippen LogP contribution < -0.4 is 14.8 Å². The number of amides is 1. The number of hydrogen-bond donors (Lipinski definition) is 1. The molecule has 6 rings (SSSR count). The summed E-state index contributed by atoms with van der Waals surface area (Å²) >= 11 is 0. The van der Waals surface area contributed by atoms with Gasteiger partial charge in [0.25, 0.3) is 5.91 Å². The van der Waals surface area contributed by atoms with Crippen molar-refractivity contribution in [3.63, 3.8) is 0 Å². The lowest BCUT2D eigenvalue weighted by molar-refractivity contribution is 0.0605. The highest BCUT2D eigenvalue weighted by molar-refractivity contribution is 7.92. The first-order valence-electron chi connectivity index (χ1n) is 13.6. The average Bonchev–Trinajstić information content (AvgIpc) is 3.61. The van der Waals surface area contributed by atoms with E-state index in [4.69, 9.17) is 20.4 Å². The number of aromatic nitrogens is 4. The second kappa shape index (κ2) is 9.48. The fourth-order valence-corrected chi connectivity index (χ4v) is 6.19. The van der Waals surface area contributed by atoms with Gasteiger partial charge in [-0.15, -0.1) is 0 Å². The van der Waals surface area contributed by atoms with Gasteiger partial charge in [0.2, 0.25) is 10.0 Å². The number of benzene rings is 1. The van der Waals surface area contributed by atoms with Crippen molar-refractivity contribution in [3.05, 3.63) is 35.9 Å². The highest BCUT2D eigenvalue weighted by Gasteiger charge is 2.32. The Labute approximate surface area is 233 Å². The molecule has 0 radical (unpaired) electrons. The van der Waals surface area contributed by atoms with Gasteiger partial charge >= 0.3 is 0 Å². The zero-order valence-corrected chi connectivity index (χ0v) is 24.3. The minimum absolute atomic E-state index is 0.0412. The Kier molecular flexibility index (Phi) is 6.30. The molecule has 4 heterocycles. The summed E-state index contributed by atoms with van der Waals surface area (Å²) in [4.78, 5) is 25.2. The number of nitrogens with two attached hydrogens (primary N) is 1. The summed E-state index contributed by atoms with van der Waals surface area (Å²) in [6.45, 7) is 2.67. The van der Waals surface area contributed by atoms with Gasteiger partial charge in [-0.2, -0.15) is 0 Å². The summed E-state index contributed by atoms with van der Waals surface area (Å²) < 4.78 is 35.4. The smallest absolute Gasteiger partial charge is 0.254 e. The molecular weight excluding hydrogens is 530 g/mol. The van der Waals surface area contributed by atoms with Crippen molar-refractivity contribution in [2.45, 2.75) is 50.7 Å². The van der Waals surface area contributed by atoms with Gasteiger partial charge in [0, 0.05) is 49.7 Å². The Morgan fingerprint density at radius 1 is 1.15 bits per heavy atom. The topological polar surface area (TPSA) is 129 Å². The third-order valence-corrected chi connectivity index (χ3v) is 9.52. The molecule has 4 aromatic rings. The molecule has 40 heavy (non-hydrogen) atoms. The van der Waals surface area contributed by atoms with Crippen LogP contribution in [-0.4, -0.2) is 77.4 Å². The Morgan fingerprint density at radius 2 is 1.90 bits per heavy atom. The summed E-state index contributed by atoms with van der Waals surface area (Å²) in [6, 6.07) is 9.44. The molecule has 0 spiro atoms. The SMILES string of the molecule is COc1cc(C(=O)N2CCC[C@@H](N)[C@H]2C)cc2nc(-c3cc4ccc(N(C)S(C)(=O)=O)nc4n3C3CC3)n(C)c12. The van der Waals surface area contributed by atoms with E-state index >= 15 is 0 Å². The number of carbonyl (C=O) groups is 1. The number of pyridine rings is 1. The van der Waals surface area contributed by atoms with Crippen LogP contribution in [0, 0.1) is 0 Å². The molecule has 1 saturated heterocycles. The summed E-state index contributed by atoms with van der Waals surface area (Å²) in [5, 5.41) is 0.901. The first kappa shape index (κ1) is 26.6. The number of sulfonamides is 1. The standard InChI is InChI=1S/C28H35N7O4S/c1-16-20(29)7-6-12-34(16)28(36)18-13-21-25(23(15-18)39-4)32(2)27(30-21)22-14-17-8-11-24(33(3)40(5,37)38)31-26(17)35(22)19-9-10-19/h8,11,13-16,19-20H,6-7,9-10,12,29H2,1-5H3/t16-,20-/m1/s1. The molecule has 2 fully saturated rings. The Morgan fingerprint density at radius 3 is 2.58 bits per heavy atom. The van der Waals surface area contributed by atoms with Crippen molar-refractivity contribution in [3.8, 4) is 17.3 Å². The summed E-state index contributed by atoms with van der Waals surface area (Å²) in [5.41, 5.74) is 9.84. The molecule has 3 aromatic heterocycles. The van der Waals surface area contributed by atoms with Gasteiger partial charge in [0.05, 0.1) is 24.6 Å². The third-order valence-electron chi connectivity index (χ3n) is 8.34. The average molecular weight is 566 g/mol. The lowest BCUT2D eigenvalue weighted by Crippen LogP contribution is -2.52. The number of anilines is 1. The summed E-state index contributed by atoms with van der Waals surface area (Å²) in [6.07, 6.45) is 4.97. The molecule has 1 amide bonds. The molecule has 2 N–H and O–H groups in total. The number of imidazole rings is 1. The number of fused-ring (bicyclic) bond motifs is 2. The van der Waals surface area contributed by atoms with Crippen LogP contribution in [0.2, 0.25) is 0 Å². The Hall–Kier alpha value is -3.64. The summed E-state index contributed by atoms with van der Waals surface area (Å²) in [7, 11) is 1.59. The largest absolute Gasteiger partial charge is 0.494 e. The van der Waals surface area contributed by atoms with Gasteiger partial charge in [-0.05, 0) is 62.9 Å². The van der Waals surface area contributed by atoms with Gasteiger partial charge in [0.15, 0.2) is 5.82 Å². The van der Waals surface area contributed by atoms with E-state index in [1.54, 1.807) is 19.2 Å². The molecule has 1 aliphatic heterocycles. The van der Waals surface area contributed by atoms with E-state index in [1.165, 1.54) is 11.4 Å². The number of ether oxygens (including phenoxy) is 1. The van der Waals surface area contributed by atoms with E-state index in [9.17, 15) is 13.2 Å². The van der Waals surface area contributed by atoms with Crippen molar-refractivity contribution in [1.29, 1.82) is 0 Å². The van der Waals surface area contributed by atoms with E-state index in [1.807, 2.05) is 41.6 Å². The predicted molar refractivity (Wildman–Crippen MR) is 155 cm³/mol. The van der Waals surface area contributed by atoms with Crippen LogP contribution in [0.5, 0.6) is 5.75 Å². The Balaban J connectivity index is 1.48. The first-order chi connectivity index (χ1) is 19.0. The molecule has 1 saturated carbocycles. The van der Waals surface area contributed by atoms with Crippen LogP contribution in [0.1, 0.15) is 49.0 Å².